The molecule has 0 aromatic carbocycles. The second kappa shape index (κ2) is 17.3. The van der Waals surface area contributed by atoms with Crippen LogP contribution in [-0.2, 0) is 0 Å². The van der Waals surface area contributed by atoms with Gasteiger partial charge in [-0.1, -0.05) is 6.08 Å². The van der Waals surface area contributed by atoms with Gasteiger partial charge in [0.05, 0.1) is 0 Å². The third-order valence-electron chi connectivity index (χ3n) is 0.328. The molecule has 0 aliphatic carbocycles. The fourth-order valence-corrected chi connectivity index (χ4v) is 0.296. The normalized spacial score (nSPS) is 6.31. The third kappa shape index (κ3) is 206. The Hall–Kier alpha value is -0.880. The highest BCUT2D eigenvalue weighted by atomic mass is 32.1. The van der Waals surface area contributed by atoms with Gasteiger partial charge in [0.1, 0.15) is 0 Å². The number of aliphatic hydroxyl groups is 2. The van der Waals surface area contributed by atoms with E-state index in [0.29, 0.717) is 6.54 Å². The summed E-state index contributed by atoms with van der Waals surface area (Å²) in [6.45, 7) is 7.80. The van der Waals surface area contributed by atoms with E-state index in [4.69, 9.17) is 10.2 Å². The van der Waals surface area contributed by atoms with Gasteiger partial charge < -0.3 is 21.3 Å². The van der Waals surface area contributed by atoms with Crippen molar-refractivity contribution in [2.24, 2.45) is 5.73 Å². The van der Waals surface area contributed by atoms with E-state index < -0.39 is 5.17 Å². The van der Waals surface area contributed by atoms with Gasteiger partial charge in [0.25, 0.3) is 10.3 Å². The van der Waals surface area contributed by atoms with Gasteiger partial charge in [-0.3, -0.25) is 0 Å². The first-order valence-electron chi connectivity index (χ1n) is 3.44. The van der Waals surface area contributed by atoms with Crippen LogP contribution in [0.3, 0.4) is 0 Å². The van der Waals surface area contributed by atoms with Crippen LogP contribution < -0.4 is 11.1 Å². The van der Waals surface area contributed by atoms with Crippen molar-refractivity contribution in [3.63, 3.8) is 0 Å². The molecule has 78 valence electrons. The van der Waals surface area contributed by atoms with Crippen molar-refractivity contribution in [3.05, 3.63) is 12.7 Å². The predicted octanol–water partition coefficient (Wildman–Crippen LogP) is 1.42. The number of hydrogen-bond acceptors (Lipinski definition) is 2. The Balaban J connectivity index is -0.000000125. The average Bonchev–Trinajstić information content (AvgIpc) is 1.86. The number of nitrogens with two attached hydrogens (primary N) is 1. The van der Waals surface area contributed by atoms with E-state index in [0.717, 1.165) is 0 Å². The van der Waals surface area contributed by atoms with Crippen LogP contribution in [-0.4, -0.2) is 27.1 Å². The van der Waals surface area contributed by atoms with Gasteiger partial charge in [0.2, 0.25) is 0 Å². The molecule has 0 fully saturated rings. The second-order valence-electron chi connectivity index (χ2n) is 1.58. The molecule has 0 amide bonds. The number of aliphatic hydroxyl groups excluding tert-OH is 2. The number of allylic oxidation sites excluding steroid dienone is 1. The maximum Gasteiger partial charge on any atom is 0.254 e. The monoisotopic (exact) mass is 224 g/mol. The van der Waals surface area contributed by atoms with Gasteiger partial charge in [-0.25, -0.2) is 0 Å². The molecule has 0 bridgehead atoms. The van der Waals surface area contributed by atoms with Crippen LogP contribution in [0.5, 0.6) is 0 Å². The van der Waals surface area contributed by atoms with Gasteiger partial charge in [0, 0.05) is 6.54 Å². The lowest BCUT2D eigenvalue weighted by Crippen LogP contribution is -2.18. The molecule has 0 aliphatic rings. The van der Waals surface area contributed by atoms with Crippen LogP contribution in [0.4, 0.5) is 0 Å². The van der Waals surface area contributed by atoms with E-state index >= 15 is 0 Å². The molecule has 5 N–H and O–H groups in total. The molecule has 4 nitrogen and oxygen atoms in total. The van der Waals surface area contributed by atoms with Crippen molar-refractivity contribution in [3.8, 4) is 0 Å². The zero-order valence-corrected chi connectivity index (χ0v) is 9.41. The first kappa shape index (κ1) is 18.0. The number of hydrogen-bond donors (Lipinski definition) is 4. The van der Waals surface area contributed by atoms with Crippen molar-refractivity contribution in [2.45, 2.75) is 13.8 Å². The predicted molar refractivity (Wildman–Crippen MR) is 64.2 cm³/mol. The Labute approximate surface area is 89.4 Å². The summed E-state index contributed by atoms with van der Waals surface area (Å²) in [6, 6.07) is 0. The van der Waals surface area contributed by atoms with Gasteiger partial charge in [-0.15, -0.1) is 6.58 Å². The minimum atomic E-state index is -0.500. The average molecular weight is 224 g/mol. The summed E-state index contributed by atoms with van der Waals surface area (Å²) in [4.78, 5) is 0. The molecule has 0 atom stereocenters. The fraction of sp³-hybridized carbons (Fsp3) is 0.429. The van der Waals surface area contributed by atoms with E-state index in [1.54, 1.807) is 6.08 Å². The summed E-state index contributed by atoms with van der Waals surface area (Å²) in [5.41, 5.74) is 4.40. The van der Waals surface area contributed by atoms with Gasteiger partial charge in [-0.2, -0.15) is 0 Å². The lowest BCUT2D eigenvalue weighted by Gasteiger charge is -1.91. The third-order valence-corrected chi connectivity index (χ3v) is 0.472. The maximum absolute atomic E-state index is 8.17. The summed E-state index contributed by atoms with van der Waals surface area (Å²) >= 11 is 8.11. The molecule has 0 heterocycles. The minimum Gasteiger partial charge on any atom is -0.487 e. The van der Waals surface area contributed by atoms with Gasteiger partial charge >= 0.3 is 0 Å². The molecular formula is C7H16N2O2S2. The molecule has 0 unspecified atom stereocenters. The van der Waals surface area contributed by atoms with Crippen molar-refractivity contribution in [1.29, 1.82) is 0 Å². The van der Waals surface area contributed by atoms with Crippen LogP contribution in [0.1, 0.15) is 13.8 Å². The fourth-order valence-electron chi connectivity index (χ4n) is 0.151. The standard InChI is InChI=1S/C3H7NOS.C3H6.CH3NOS/c1-2-4-3(5)6;1-3-2;2-1(3)4/h2H2,1H3,(H2,4,5,6);3H,1H2,2H3;(H3,2,3,4). The largest absolute Gasteiger partial charge is 0.487 e. The Morgan fingerprint density at radius 2 is 1.77 bits per heavy atom. The molecule has 0 saturated carbocycles. The van der Waals surface area contributed by atoms with E-state index in [1.165, 1.54) is 0 Å². The first-order chi connectivity index (χ1) is 5.92. The summed E-state index contributed by atoms with van der Waals surface area (Å²) in [7, 11) is 0. The highest BCUT2D eigenvalue weighted by Gasteiger charge is 1.77. The van der Waals surface area contributed by atoms with Crippen LogP contribution >= 0.6 is 24.4 Å². The van der Waals surface area contributed by atoms with Gasteiger partial charge in [0.15, 0.2) is 0 Å². The summed E-state index contributed by atoms with van der Waals surface area (Å²) in [5.74, 6) is 0. The minimum absolute atomic E-state index is 0.127. The molecule has 6 heteroatoms. The maximum atomic E-state index is 8.17. The quantitative estimate of drug-likeness (QED) is 0.398. The highest BCUT2D eigenvalue weighted by Crippen LogP contribution is 1.57. The Bertz CT molecular complexity index is 147. The summed E-state index contributed by atoms with van der Waals surface area (Å²) in [5, 5.41) is 17.6. The van der Waals surface area contributed by atoms with Crippen LogP contribution in [0, 0.1) is 0 Å². The summed E-state index contributed by atoms with van der Waals surface area (Å²) in [6.07, 6.45) is 1.75. The van der Waals surface area contributed by atoms with Crippen molar-refractivity contribution < 1.29 is 10.2 Å². The Morgan fingerprint density at radius 3 is 1.77 bits per heavy atom. The van der Waals surface area contributed by atoms with E-state index in [9.17, 15) is 0 Å². The SMILES string of the molecule is C=CC.CCNC(O)=S.NC(O)=S. The van der Waals surface area contributed by atoms with Gasteiger partial charge in [-0.05, 0) is 38.3 Å². The zero-order chi connectivity index (χ0) is 11.3. The molecular weight excluding hydrogens is 208 g/mol. The lowest BCUT2D eigenvalue weighted by molar-refractivity contribution is 0.535. The molecule has 13 heavy (non-hydrogen) atoms. The van der Waals surface area contributed by atoms with Crippen molar-refractivity contribution >= 4 is 34.8 Å². The highest BCUT2D eigenvalue weighted by molar-refractivity contribution is 7.80. The van der Waals surface area contributed by atoms with E-state index in [-0.39, 0.29) is 5.17 Å². The van der Waals surface area contributed by atoms with Crippen LogP contribution in [0.2, 0.25) is 0 Å². The Morgan fingerprint density at radius 1 is 1.54 bits per heavy atom. The molecule has 0 rings (SSSR count). The molecule has 0 radical (unpaired) electrons. The van der Waals surface area contributed by atoms with Crippen LogP contribution in [0.15, 0.2) is 12.7 Å². The smallest absolute Gasteiger partial charge is 0.254 e. The van der Waals surface area contributed by atoms with Crippen molar-refractivity contribution in [2.75, 3.05) is 6.54 Å². The molecule has 0 saturated heterocycles. The molecule has 0 aromatic heterocycles. The topological polar surface area (TPSA) is 78.5 Å². The summed E-state index contributed by atoms with van der Waals surface area (Å²) < 4.78 is 0. The molecule has 0 aliphatic heterocycles. The van der Waals surface area contributed by atoms with Crippen molar-refractivity contribution in [1.82, 2.24) is 5.32 Å². The zero-order valence-electron chi connectivity index (χ0n) is 7.78. The molecule has 0 spiro atoms. The first-order valence-corrected chi connectivity index (χ1v) is 4.26. The lowest BCUT2D eigenvalue weighted by atomic mass is 10.8. The number of rotatable bonds is 1. The Kier molecular flexibility index (Phi) is 23.9. The number of thiocarbonyl (C=S) groups is 2. The second-order valence-corrected chi connectivity index (χ2v) is 2.39. The van der Waals surface area contributed by atoms with Crippen LogP contribution in [0.25, 0.3) is 0 Å². The molecule has 0 aromatic rings. The number of nitrogens with one attached hydrogen (secondary N) is 1. The van der Waals surface area contributed by atoms with E-state index in [2.05, 4.69) is 42.1 Å². The van der Waals surface area contributed by atoms with E-state index in [1.807, 2.05) is 13.8 Å².